The van der Waals surface area contributed by atoms with E-state index in [4.69, 9.17) is 4.99 Å². The molecule has 0 spiro atoms. The molecule has 0 unspecified atom stereocenters. The number of aromatic nitrogens is 1. The molecule has 4 aromatic rings. The molecule has 3 saturated heterocycles. The van der Waals surface area contributed by atoms with E-state index in [0.29, 0.717) is 23.9 Å². The highest BCUT2D eigenvalue weighted by atomic mass is 15.2. The van der Waals surface area contributed by atoms with E-state index in [-0.39, 0.29) is 0 Å². The lowest BCUT2D eigenvalue weighted by molar-refractivity contribution is 0.0215. The number of aliphatic imine (C=N–C) groups is 1. The highest BCUT2D eigenvalue weighted by Gasteiger charge is 2.46. The minimum atomic E-state index is 0.302. The molecule has 3 aliphatic rings. The predicted molar refractivity (Wildman–Crippen MR) is 132 cm³/mol. The zero-order chi connectivity index (χ0) is 21.3. The van der Waals surface area contributed by atoms with E-state index < -0.39 is 0 Å². The molecule has 3 heteroatoms. The minimum absolute atomic E-state index is 0.302. The third-order valence-electron chi connectivity index (χ3n) is 7.49. The second kappa shape index (κ2) is 8.40. The summed E-state index contributed by atoms with van der Waals surface area (Å²) in [5.74, 6) is 0.979. The number of aromatic amines is 1. The summed E-state index contributed by atoms with van der Waals surface area (Å²) in [5.41, 5.74) is 5.14. The molecule has 1 N–H and O–H groups in total. The summed E-state index contributed by atoms with van der Waals surface area (Å²) in [4.78, 5) is 11.4. The number of fused-ring (bicyclic) bond motifs is 4. The van der Waals surface area contributed by atoms with Crippen LogP contribution in [-0.4, -0.2) is 41.3 Å². The first-order valence-corrected chi connectivity index (χ1v) is 11.8. The molecule has 3 nitrogen and oxygen atoms in total. The maximum Gasteiger partial charge on any atom is 0.0693 e. The largest absolute Gasteiger partial charge is 0.361 e. The Bertz CT molecular complexity index is 1160. The number of piperidine rings is 3. The van der Waals surface area contributed by atoms with Gasteiger partial charge < -0.3 is 4.98 Å². The Kier molecular flexibility index (Phi) is 5.12. The van der Waals surface area contributed by atoms with Gasteiger partial charge >= 0.3 is 0 Å². The van der Waals surface area contributed by atoms with Gasteiger partial charge in [-0.2, -0.15) is 0 Å². The molecule has 4 heterocycles. The minimum Gasteiger partial charge on any atom is -0.361 e. The van der Waals surface area contributed by atoms with E-state index in [0.717, 1.165) is 0 Å². The summed E-state index contributed by atoms with van der Waals surface area (Å²) < 4.78 is 0. The Morgan fingerprint density at radius 2 is 1.44 bits per heavy atom. The number of hydrogen-bond acceptors (Lipinski definition) is 2. The van der Waals surface area contributed by atoms with Gasteiger partial charge in [0.2, 0.25) is 0 Å². The van der Waals surface area contributed by atoms with Gasteiger partial charge in [0.1, 0.15) is 0 Å². The number of rotatable bonds is 5. The van der Waals surface area contributed by atoms with Gasteiger partial charge in [0.25, 0.3) is 0 Å². The molecule has 3 aliphatic heterocycles. The molecule has 160 valence electrons. The third-order valence-corrected chi connectivity index (χ3v) is 7.49. The van der Waals surface area contributed by atoms with E-state index in [2.05, 4.69) is 107 Å². The first kappa shape index (κ1) is 19.5. The van der Waals surface area contributed by atoms with Crippen molar-refractivity contribution in [1.29, 1.82) is 0 Å². The highest BCUT2D eigenvalue weighted by Crippen LogP contribution is 2.43. The van der Waals surface area contributed by atoms with E-state index >= 15 is 0 Å². The fourth-order valence-corrected chi connectivity index (χ4v) is 5.95. The number of benzene rings is 3. The quantitative estimate of drug-likeness (QED) is 0.402. The van der Waals surface area contributed by atoms with Crippen molar-refractivity contribution in [2.75, 3.05) is 13.1 Å². The number of nitrogens with one attached hydrogen (secondary N) is 1. The Balaban J connectivity index is 1.42. The molecule has 2 bridgehead atoms. The topological polar surface area (TPSA) is 31.4 Å². The highest BCUT2D eigenvalue weighted by molar-refractivity contribution is 5.99. The number of H-pyrrole nitrogens is 1. The summed E-state index contributed by atoms with van der Waals surface area (Å²) in [6.07, 6.45) is 6.73. The van der Waals surface area contributed by atoms with Crippen LogP contribution in [0.5, 0.6) is 0 Å². The average Bonchev–Trinajstić information content (AvgIpc) is 3.28. The molecule has 0 saturated carbocycles. The van der Waals surface area contributed by atoms with Crippen molar-refractivity contribution in [3.05, 3.63) is 108 Å². The Labute approximate surface area is 189 Å². The second-order valence-electron chi connectivity index (χ2n) is 9.22. The second-order valence-corrected chi connectivity index (χ2v) is 9.22. The van der Waals surface area contributed by atoms with Crippen molar-refractivity contribution in [3.8, 4) is 0 Å². The summed E-state index contributed by atoms with van der Waals surface area (Å²) in [5, 5.41) is 1.25. The van der Waals surface area contributed by atoms with Crippen LogP contribution in [0.1, 0.15) is 35.4 Å². The molecule has 0 aliphatic carbocycles. The maximum absolute atomic E-state index is 5.33. The predicted octanol–water partition coefficient (Wildman–Crippen LogP) is 5.88. The van der Waals surface area contributed by atoms with Crippen LogP contribution < -0.4 is 0 Å². The molecular weight excluding hydrogens is 390 g/mol. The van der Waals surface area contributed by atoms with Crippen molar-refractivity contribution in [2.24, 2.45) is 10.9 Å². The standard InChI is InChI=1S/C29H29N3/c1-3-9-21(10-4-1)27(22-11-5-2-6-12-22)29-28(23-15-17-32(29)18-16-23)31-20-24-19-30-26-14-8-7-13-25(24)26/h1-14,19-20,23,27-30H,15-18H2/t28-,29-/m1/s1. The molecule has 32 heavy (non-hydrogen) atoms. The monoisotopic (exact) mass is 419 g/mol. The van der Waals surface area contributed by atoms with Crippen LogP contribution in [0.2, 0.25) is 0 Å². The molecule has 3 fully saturated rings. The van der Waals surface area contributed by atoms with E-state index in [1.54, 1.807) is 0 Å². The average molecular weight is 420 g/mol. The van der Waals surface area contributed by atoms with Crippen LogP contribution in [0, 0.1) is 5.92 Å². The lowest BCUT2D eigenvalue weighted by Gasteiger charge is -2.52. The van der Waals surface area contributed by atoms with Gasteiger partial charge in [-0.15, -0.1) is 0 Å². The van der Waals surface area contributed by atoms with Gasteiger partial charge in [-0.05, 0) is 49.0 Å². The Morgan fingerprint density at radius 3 is 2.12 bits per heavy atom. The lowest BCUT2D eigenvalue weighted by atomic mass is 9.71. The lowest BCUT2D eigenvalue weighted by Crippen LogP contribution is -2.59. The molecule has 7 rings (SSSR count). The molecule has 0 amide bonds. The van der Waals surface area contributed by atoms with Crippen LogP contribution >= 0.6 is 0 Å². The van der Waals surface area contributed by atoms with Gasteiger partial charge in [0.15, 0.2) is 0 Å². The third kappa shape index (κ3) is 3.47. The molecule has 0 radical (unpaired) electrons. The Morgan fingerprint density at radius 1 is 0.812 bits per heavy atom. The molecule has 1 aromatic heterocycles. The van der Waals surface area contributed by atoms with Crippen molar-refractivity contribution in [2.45, 2.75) is 30.8 Å². The van der Waals surface area contributed by atoms with Crippen LogP contribution in [0.3, 0.4) is 0 Å². The molecule has 2 atom stereocenters. The molecule has 3 aromatic carbocycles. The summed E-state index contributed by atoms with van der Waals surface area (Å²) in [6, 6.07) is 31.3. The number of hydrogen-bond donors (Lipinski definition) is 1. The van der Waals surface area contributed by atoms with Gasteiger partial charge in [0, 0.05) is 40.8 Å². The number of nitrogens with zero attached hydrogens (tertiary/aromatic N) is 2. The fraction of sp³-hybridized carbons (Fsp3) is 0.276. The van der Waals surface area contributed by atoms with Crippen LogP contribution in [-0.2, 0) is 0 Å². The van der Waals surface area contributed by atoms with Gasteiger partial charge in [0.05, 0.1) is 6.04 Å². The zero-order valence-electron chi connectivity index (χ0n) is 18.3. The first-order valence-electron chi connectivity index (χ1n) is 11.8. The van der Waals surface area contributed by atoms with Gasteiger partial charge in [-0.25, -0.2) is 0 Å². The maximum atomic E-state index is 5.33. The molecular formula is C29H29N3. The summed E-state index contributed by atoms with van der Waals surface area (Å²) in [6.45, 7) is 2.37. The normalized spacial score (nSPS) is 25.2. The smallest absolute Gasteiger partial charge is 0.0693 e. The fourth-order valence-electron chi connectivity index (χ4n) is 5.95. The summed E-state index contributed by atoms with van der Waals surface area (Å²) >= 11 is 0. The van der Waals surface area contributed by atoms with Crippen LogP contribution in [0.4, 0.5) is 0 Å². The number of para-hydroxylation sites is 1. The Hall–Kier alpha value is -3.17. The van der Waals surface area contributed by atoms with Crippen molar-refractivity contribution >= 4 is 17.1 Å². The zero-order valence-corrected chi connectivity index (χ0v) is 18.3. The van der Waals surface area contributed by atoms with Crippen molar-refractivity contribution in [1.82, 2.24) is 9.88 Å². The van der Waals surface area contributed by atoms with Crippen LogP contribution in [0.25, 0.3) is 10.9 Å². The first-order chi connectivity index (χ1) is 15.9. The van der Waals surface area contributed by atoms with Gasteiger partial charge in [-0.3, -0.25) is 9.89 Å². The van der Waals surface area contributed by atoms with E-state index in [1.165, 1.54) is 53.5 Å². The van der Waals surface area contributed by atoms with E-state index in [1.807, 2.05) is 0 Å². The van der Waals surface area contributed by atoms with Crippen molar-refractivity contribution in [3.63, 3.8) is 0 Å². The van der Waals surface area contributed by atoms with Crippen LogP contribution in [0.15, 0.2) is 96.1 Å². The van der Waals surface area contributed by atoms with E-state index in [9.17, 15) is 0 Å². The summed E-state index contributed by atoms with van der Waals surface area (Å²) in [7, 11) is 0. The van der Waals surface area contributed by atoms with Gasteiger partial charge in [-0.1, -0.05) is 78.9 Å². The van der Waals surface area contributed by atoms with Crippen molar-refractivity contribution < 1.29 is 0 Å². The SMILES string of the molecule is C(=N[C@@H]1C2CCN(CC2)[C@@H]1C(c1ccccc1)c1ccccc1)c1c[nH]c2ccccc12.